The maximum atomic E-state index is 8.99. The van der Waals surface area contributed by atoms with Crippen molar-refractivity contribution in [3.8, 4) is 0 Å². The minimum atomic E-state index is -0.565. The first-order valence-electron chi connectivity index (χ1n) is 4.23. The highest BCUT2D eigenvalue weighted by Crippen LogP contribution is 2.06. The predicted octanol–water partition coefficient (Wildman–Crippen LogP) is 1.43. The van der Waals surface area contributed by atoms with E-state index in [1.165, 1.54) is 5.57 Å². The van der Waals surface area contributed by atoms with Crippen molar-refractivity contribution in [2.75, 3.05) is 18.1 Å². The summed E-state index contributed by atoms with van der Waals surface area (Å²) in [6.07, 6.45) is 2.68. The molecular formula is C9H18O2S. The van der Waals surface area contributed by atoms with Crippen molar-refractivity contribution in [1.82, 2.24) is 0 Å². The second-order valence-corrected chi connectivity index (χ2v) is 3.85. The van der Waals surface area contributed by atoms with Crippen molar-refractivity contribution in [2.24, 2.45) is 0 Å². The van der Waals surface area contributed by atoms with E-state index in [0.29, 0.717) is 5.75 Å². The molecule has 0 aliphatic carbocycles. The highest BCUT2D eigenvalue weighted by atomic mass is 32.2. The molecular weight excluding hydrogens is 172 g/mol. The maximum absolute atomic E-state index is 8.99. The lowest BCUT2D eigenvalue weighted by Gasteiger charge is -2.04. The maximum Gasteiger partial charge on any atom is 0.0861 e. The Morgan fingerprint density at radius 2 is 2.25 bits per heavy atom. The van der Waals surface area contributed by atoms with Crippen LogP contribution in [0, 0.1) is 0 Å². The summed E-state index contributed by atoms with van der Waals surface area (Å²) in [6.45, 7) is 4.09. The molecule has 0 aliphatic rings. The van der Waals surface area contributed by atoms with Gasteiger partial charge >= 0.3 is 0 Å². The molecule has 0 saturated heterocycles. The number of hydrogen-bond acceptors (Lipinski definition) is 3. The van der Waals surface area contributed by atoms with E-state index < -0.39 is 6.10 Å². The van der Waals surface area contributed by atoms with Gasteiger partial charge in [-0.2, -0.15) is 11.8 Å². The lowest BCUT2D eigenvalue weighted by Crippen LogP contribution is -2.14. The molecule has 2 nitrogen and oxygen atoms in total. The number of aliphatic hydroxyl groups excluding tert-OH is 2. The van der Waals surface area contributed by atoms with Crippen LogP contribution >= 0.6 is 11.8 Å². The molecule has 3 heteroatoms. The lowest BCUT2D eigenvalue weighted by atomic mass is 10.2. The molecule has 0 aliphatic heterocycles. The Balaban J connectivity index is 3.32. The average molecular weight is 190 g/mol. The summed E-state index contributed by atoms with van der Waals surface area (Å²) in [5, 5.41) is 17.5. The molecule has 0 radical (unpaired) electrons. The zero-order valence-corrected chi connectivity index (χ0v) is 8.60. The van der Waals surface area contributed by atoms with Gasteiger partial charge in [-0.1, -0.05) is 18.6 Å². The number of thioether (sulfide) groups is 1. The fourth-order valence-electron chi connectivity index (χ4n) is 0.602. The average Bonchev–Trinajstić information content (AvgIpc) is 2.11. The van der Waals surface area contributed by atoms with E-state index in [1.54, 1.807) is 11.8 Å². The standard InChI is InChI=1S/C9H18O2S/c1-3-8(2)4-5-12-7-9(11)6-10/h4,9-11H,3,5-7H2,1-2H3/b8-4+. The van der Waals surface area contributed by atoms with Crippen molar-refractivity contribution in [2.45, 2.75) is 26.4 Å². The van der Waals surface area contributed by atoms with Gasteiger partial charge in [0.05, 0.1) is 12.7 Å². The second kappa shape index (κ2) is 7.65. The van der Waals surface area contributed by atoms with Gasteiger partial charge in [-0.3, -0.25) is 0 Å². The first-order chi connectivity index (χ1) is 5.70. The number of rotatable bonds is 6. The summed E-state index contributed by atoms with van der Waals surface area (Å²) >= 11 is 1.64. The molecule has 72 valence electrons. The monoisotopic (exact) mass is 190 g/mol. The van der Waals surface area contributed by atoms with Gasteiger partial charge in [0.15, 0.2) is 0 Å². The first-order valence-corrected chi connectivity index (χ1v) is 5.38. The van der Waals surface area contributed by atoms with Crippen LogP contribution in [0.5, 0.6) is 0 Å². The van der Waals surface area contributed by atoms with Crippen molar-refractivity contribution in [3.05, 3.63) is 11.6 Å². The Labute approximate surface area is 78.7 Å². The van der Waals surface area contributed by atoms with Crippen molar-refractivity contribution in [3.63, 3.8) is 0 Å². The number of allylic oxidation sites excluding steroid dienone is 1. The topological polar surface area (TPSA) is 40.5 Å². The van der Waals surface area contributed by atoms with Gasteiger partial charge in [0.1, 0.15) is 0 Å². The van der Waals surface area contributed by atoms with Gasteiger partial charge in [-0.25, -0.2) is 0 Å². The summed E-state index contributed by atoms with van der Waals surface area (Å²) in [6, 6.07) is 0. The Bertz CT molecular complexity index is 134. The van der Waals surface area contributed by atoms with Crippen LogP contribution < -0.4 is 0 Å². The second-order valence-electron chi connectivity index (χ2n) is 2.78. The Morgan fingerprint density at radius 1 is 1.58 bits per heavy atom. The molecule has 0 spiro atoms. The van der Waals surface area contributed by atoms with E-state index in [-0.39, 0.29) is 6.61 Å². The predicted molar refractivity (Wildman–Crippen MR) is 54.5 cm³/mol. The summed E-state index contributed by atoms with van der Waals surface area (Å²) in [7, 11) is 0. The molecule has 0 aromatic heterocycles. The van der Waals surface area contributed by atoms with Crippen LogP contribution in [0.25, 0.3) is 0 Å². The van der Waals surface area contributed by atoms with E-state index >= 15 is 0 Å². The molecule has 0 heterocycles. The van der Waals surface area contributed by atoms with Crippen molar-refractivity contribution in [1.29, 1.82) is 0 Å². The quantitative estimate of drug-likeness (QED) is 0.492. The van der Waals surface area contributed by atoms with Crippen LogP contribution in [-0.4, -0.2) is 34.4 Å². The fraction of sp³-hybridized carbons (Fsp3) is 0.778. The lowest BCUT2D eigenvalue weighted by molar-refractivity contribution is 0.113. The van der Waals surface area contributed by atoms with Gasteiger partial charge < -0.3 is 10.2 Å². The minimum Gasteiger partial charge on any atom is -0.394 e. The number of hydrogen-bond donors (Lipinski definition) is 2. The van der Waals surface area contributed by atoms with Crippen LogP contribution in [0.4, 0.5) is 0 Å². The minimum absolute atomic E-state index is 0.135. The van der Waals surface area contributed by atoms with Crippen molar-refractivity contribution >= 4 is 11.8 Å². The van der Waals surface area contributed by atoms with E-state index in [4.69, 9.17) is 10.2 Å². The molecule has 12 heavy (non-hydrogen) atoms. The highest BCUT2D eigenvalue weighted by molar-refractivity contribution is 7.99. The van der Waals surface area contributed by atoms with Crippen LogP contribution in [0.15, 0.2) is 11.6 Å². The van der Waals surface area contributed by atoms with E-state index in [2.05, 4.69) is 19.9 Å². The summed E-state index contributed by atoms with van der Waals surface area (Å²) in [5.74, 6) is 1.54. The third kappa shape index (κ3) is 6.70. The summed E-state index contributed by atoms with van der Waals surface area (Å²) in [5.41, 5.74) is 1.38. The van der Waals surface area contributed by atoms with Gasteiger partial charge in [-0.05, 0) is 13.3 Å². The van der Waals surface area contributed by atoms with Gasteiger partial charge in [0.2, 0.25) is 0 Å². The smallest absolute Gasteiger partial charge is 0.0861 e. The summed E-state index contributed by atoms with van der Waals surface area (Å²) in [4.78, 5) is 0. The van der Waals surface area contributed by atoms with Gasteiger partial charge in [0, 0.05) is 11.5 Å². The highest BCUT2D eigenvalue weighted by Gasteiger charge is 1.99. The third-order valence-corrected chi connectivity index (χ3v) is 2.65. The van der Waals surface area contributed by atoms with Gasteiger partial charge in [-0.15, -0.1) is 0 Å². The summed E-state index contributed by atoms with van der Waals surface area (Å²) < 4.78 is 0. The van der Waals surface area contributed by atoms with E-state index in [9.17, 15) is 0 Å². The molecule has 0 rings (SSSR count). The largest absolute Gasteiger partial charge is 0.394 e. The first kappa shape index (κ1) is 12.0. The van der Waals surface area contributed by atoms with Crippen LogP contribution in [0.1, 0.15) is 20.3 Å². The molecule has 2 N–H and O–H groups in total. The van der Waals surface area contributed by atoms with E-state index in [1.807, 2.05) is 0 Å². The Hall–Kier alpha value is 0.01000. The molecule has 0 aromatic carbocycles. The van der Waals surface area contributed by atoms with Crippen LogP contribution in [0.3, 0.4) is 0 Å². The van der Waals surface area contributed by atoms with Crippen molar-refractivity contribution < 1.29 is 10.2 Å². The molecule has 0 saturated carbocycles. The Morgan fingerprint density at radius 3 is 2.75 bits per heavy atom. The third-order valence-electron chi connectivity index (χ3n) is 1.63. The van der Waals surface area contributed by atoms with Crippen LogP contribution in [-0.2, 0) is 0 Å². The Kier molecular flexibility index (Phi) is 7.65. The van der Waals surface area contributed by atoms with E-state index in [0.717, 1.165) is 12.2 Å². The molecule has 1 atom stereocenters. The van der Waals surface area contributed by atoms with Gasteiger partial charge in [0.25, 0.3) is 0 Å². The zero-order chi connectivity index (χ0) is 9.40. The molecule has 0 bridgehead atoms. The normalized spacial score (nSPS) is 14.8. The molecule has 1 unspecified atom stereocenters. The molecule has 0 fully saturated rings. The SMILES string of the molecule is CC/C(C)=C/CSCC(O)CO. The molecule has 0 amide bonds. The fourth-order valence-corrected chi connectivity index (χ4v) is 1.52. The zero-order valence-electron chi connectivity index (χ0n) is 7.79. The van der Waals surface area contributed by atoms with Crippen LogP contribution in [0.2, 0.25) is 0 Å². The molecule has 0 aromatic rings. The number of aliphatic hydroxyl groups is 2.